The summed E-state index contributed by atoms with van der Waals surface area (Å²) in [5.41, 5.74) is 6.32. The van der Waals surface area contributed by atoms with Crippen LogP contribution in [0.15, 0.2) is 114 Å². The van der Waals surface area contributed by atoms with Crippen LogP contribution in [0.1, 0.15) is 7.43 Å². The Morgan fingerprint density at radius 2 is 1.38 bits per heavy atom. The number of aromatic nitrogens is 2. The summed E-state index contributed by atoms with van der Waals surface area (Å²) >= 11 is 0. The molecule has 1 heterocycles. The van der Waals surface area contributed by atoms with Crippen molar-refractivity contribution in [1.29, 1.82) is 0 Å². The zero-order chi connectivity index (χ0) is 25.1. The summed E-state index contributed by atoms with van der Waals surface area (Å²) in [5.74, 6) is -0.932. The lowest BCUT2D eigenvalue weighted by atomic mass is 10.0. The van der Waals surface area contributed by atoms with Gasteiger partial charge in [-0.1, -0.05) is 98.4 Å². The summed E-state index contributed by atoms with van der Waals surface area (Å²) in [7, 11) is 1.90. The predicted molar refractivity (Wildman–Crippen MR) is 150 cm³/mol. The van der Waals surface area contributed by atoms with Gasteiger partial charge in [-0.15, -0.1) is 0 Å². The fourth-order valence-corrected chi connectivity index (χ4v) is 4.55. The van der Waals surface area contributed by atoms with Crippen molar-refractivity contribution < 1.29 is 9.90 Å². The summed E-state index contributed by atoms with van der Waals surface area (Å²) in [6.45, 7) is -0.177. The highest BCUT2D eigenvalue weighted by molar-refractivity contribution is 5.83. The number of carboxylic acids is 1. The van der Waals surface area contributed by atoms with E-state index in [0.717, 1.165) is 33.6 Å². The molecule has 6 heteroatoms. The van der Waals surface area contributed by atoms with E-state index in [4.69, 9.17) is 5.11 Å². The third-order valence-corrected chi connectivity index (χ3v) is 6.13. The van der Waals surface area contributed by atoms with Crippen LogP contribution in [0.2, 0.25) is 0 Å². The molecule has 0 atom stereocenters. The lowest BCUT2D eigenvalue weighted by Crippen LogP contribution is -2.21. The standard InChI is InChI=1S/C30H25N3O3.CH4/c1-32-29(22-13-6-3-7-14-22)28(21-11-4-2-5-12-21)30(36)33(32)26-18-9-8-17-25(26)23-15-10-16-24(19-23)31-20-27(34)35;/h2-19,31H,20H2,1H3,(H,34,35);1H4. The first-order valence-corrected chi connectivity index (χ1v) is 11.6. The van der Waals surface area contributed by atoms with Crippen molar-refractivity contribution in [2.45, 2.75) is 7.43 Å². The molecule has 6 nitrogen and oxygen atoms in total. The third kappa shape index (κ3) is 4.95. The van der Waals surface area contributed by atoms with Crippen LogP contribution in [0.3, 0.4) is 0 Å². The summed E-state index contributed by atoms with van der Waals surface area (Å²) in [6, 6.07) is 34.9. The molecule has 0 radical (unpaired) electrons. The van der Waals surface area contributed by atoms with Crippen LogP contribution < -0.4 is 10.9 Å². The number of nitrogens with zero attached hydrogens (tertiary/aromatic N) is 2. The van der Waals surface area contributed by atoms with E-state index in [1.807, 2.05) is 121 Å². The number of carboxylic acid groups (broad SMARTS) is 1. The van der Waals surface area contributed by atoms with Crippen molar-refractivity contribution in [3.63, 3.8) is 0 Å². The Balaban J connectivity index is 0.00000320. The fourth-order valence-electron chi connectivity index (χ4n) is 4.55. The summed E-state index contributed by atoms with van der Waals surface area (Å²) in [5, 5.41) is 11.9. The van der Waals surface area contributed by atoms with Gasteiger partial charge in [-0.25, -0.2) is 4.68 Å². The highest BCUT2D eigenvalue weighted by atomic mass is 16.4. The molecule has 2 N–H and O–H groups in total. The van der Waals surface area contributed by atoms with E-state index in [1.165, 1.54) is 0 Å². The molecule has 0 saturated carbocycles. The molecule has 5 aromatic rings. The average molecular weight is 492 g/mol. The number of benzene rings is 4. The molecule has 5 rings (SSSR count). The number of hydrogen-bond acceptors (Lipinski definition) is 3. The zero-order valence-electron chi connectivity index (χ0n) is 19.8. The van der Waals surface area contributed by atoms with Crippen molar-refractivity contribution in [2.24, 2.45) is 7.05 Å². The van der Waals surface area contributed by atoms with Gasteiger partial charge >= 0.3 is 5.97 Å². The van der Waals surface area contributed by atoms with Gasteiger partial charge in [0.25, 0.3) is 5.56 Å². The van der Waals surface area contributed by atoms with Crippen LogP contribution in [0.25, 0.3) is 39.2 Å². The summed E-state index contributed by atoms with van der Waals surface area (Å²) in [6.07, 6.45) is 0. The first-order chi connectivity index (χ1) is 17.5. The number of hydrogen-bond donors (Lipinski definition) is 2. The van der Waals surface area contributed by atoms with Gasteiger partial charge in [0, 0.05) is 23.9 Å². The van der Waals surface area contributed by atoms with E-state index >= 15 is 0 Å². The molecule has 186 valence electrons. The Hall–Kier alpha value is -4.84. The topological polar surface area (TPSA) is 76.3 Å². The Morgan fingerprint density at radius 3 is 2.05 bits per heavy atom. The highest BCUT2D eigenvalue weighted by Crippen LogP contribution is 2.33. The molecular weight excluding hydrogens is 462 g/mol. The maximum absolute atomic E-state index is 14.1. The van der Waals surface area contributed by atoms with Crippen LogP contribution in [0.4, 0.5) is 5.69 Å². The van der Waals surface area contributed by atoms with Crippen molar-refractivity contribution in [3.8, 4) is 39.2 Å². The number of anilines is 1. The van der Waals surface area contributed by atoms with Gasteiger partial charge in [-0.2, -0.15) is 0 Å². The van der Waals surface area contributed by atoms with Gasteiger partial charge in [0.2, 0.25) is 0 Å². The number of rotatable bonds is 7. The van der Waals surface area contributed by atoms with Crippen molar-refractivity contribution in [3.05, 3.63) is 120 Å². The summed E-state index contributed by atoms with van der Waals surface area (Å²) in [4.78, 5) is 25.1. The first-order valence-electron chi connectivity index (χ1n) is 11.6. The van der Waals surface area contributed by atoms with Crippen molar-refractivity contribution >= 4 is 11.7 Å². The van der Waals surface area contributed by atoms with Gasteiger partial charge in [-0.3, -0.25) is 14.3 Å². The lowest BCUT2D eigenvalue weighted by Gasteiger charge is -2.15. The van der Waals surface area contributed by atoms with E-state index < -0.39 is 5.97 Å². The quantitative estimate of drug-likeness (QED) is 0.280. The van der Waals surface area contributed by atoms with Crippen molar-refractivity contribution in [2.75, 3.05) is 11.9 Å². The lowest BCUT2D eigenvalue weighted by molar-refractivity contribution is -0.134. The number of nitrogens with one attached hydrogen (secondary N) is 1. The van der Waals surface area contributed by atoms with Gasteiger partial charge in [0.05, 0.1) is 16.9 Å². The fraction of sp³-hybridized carbons (Fsp3) is 0.0968. The second-order valence-corrected chi connectivity index (χ2v) is 8.44. The Morgan fingerprint density at radius 1 is 0.784 bits per heavy atom. The molecule has 0 spiro atoms. The molecule has 0 saturated heterocycles. The van der Waals surface area contributed by atoms with E-state index in [1.54, 1.807) is 4.68 Å². The average Bonchev–Trinajstić information content (AvgIpc) is 3.18. The zero-order valence-corrected chi connectivity index (χ0v) is 19.8. The molecule has 0 amide bonds. The molecule has 1 aromatic heterocycles. The highest BCUT2D eigenvalue weighted by Gasteiger charge is 2.23. The second kappa shape index (κ2) is 10.8. The third-order valence-electron chi connectivity index (χ3n) is 6.13. The molecule has 0 aliphatic heterocycles. The van der Waals surface area contributed by atoms with Crippen molar-refractivity contribution in [1.82, 2.24) is 9.36 Å². The van der Waals surface area contributed by atoms with Crippen LogP contribution in [-0.4, -0.2) is 27.0 Å². The molecular formula is C31H29N3O3. The van der Waals surface area contributed by atoms with Crippen LogP contribution in [0, 0.1) is 0 Å². The SMILES string of the molecule is C.Cn1c(-c2ccccc2)c(-c2ccccc2)c(=O)n1-c1ccccc1-c1cccc(NCC(=O)O)c1. The molecule has 37 heavy (non-hydrogen) atoms. The molecule has 0 unspecified atom stereocenters. The second-order valence-electron chi connectivity index (χ2n) is 8.44. The molecule has 4 aromatic carbocycles. The normalized spacial score (nSPS) is 10.5. The largest absolute Gasteiger partial charge is 0.480 e. The smallest absolute Gasteiger partial charge is 0.322 e. The monoisotopic (exact) mass is 491 g/mol. The summed E-state index contributed by atoms with van der Waals surface area (Å²) < 4.78 is 3.61. The number of para-hydroxylation sites is 1. The molecule has 0 aliphatic carbocycles. The molecule has 0 fully saturated rings. The van der Waals surface area contributed by atoms with E-state index in [0.29, 0.717) is 11.3 Å². The maximum atomic E-state index is 14.1. The van der Waals surface area contributed by atoms with E-state index in [2.05, 4.69) is 5.32 Å². The molecule has 0 aliphatic rings. The van der Waals surface area contributed by atoms with Crippen LogP contribution >= 0.6 is 0 Å². The van der Waals surface area contributed by atoms with Gasteiger partial charge in [0.15, 0.2) is 0 Å². The number of aliphatic carboxylic acids is 1. The van der Waals surface area contributed by atoms with Gasteiger partial charge in [0.1, 0.15) is 6.54 Å². The minimum absolute atomic E-state index is 0. The Bertz CT molecular complexity index is 1590. The van der Waals surface area contributed by atoms with E-state index in [-0.39, 0.29) is 19.5 Å². The Labute approximate surface area is 216 Å². The van der Waals surface area contributed by atoms with Crippen LogP contribution in [0.5, 0.6) is 0 Å². The minimum atomic E-state index is -0.932. The van der Waals surface area contributed by atoms with Gasteiger partial charge < -0.3 is 10.4 Å². The van der Waals surface area contributed by atoms with Gasteiger partial charge in [-0.05, 0) is 29.3 Å². The molecule has 0 bridgehead atoms. The predicted octanol–water partition coefficient (Wildman–Crippen LogP) is 6.31. The Kier molecular flexibility index (Phi) is 7.39. The number of carbonyl (C=O) groups is 1. The van der Waals surface area contributed by atoms with E-state index in [9.17, 15) is 9.59 Å². The van der Waals surface area contributed by atoms with Crippen LogP contribution in [-0.2, 0) is 11.8 Å². The first kappa shape index (κ1) is 25.3. The maximum Gasteiger partial charge on any atom is 0.322 e. The minimum Gasteiger partial charge on any atom is -0.480 e.